The smallest absolute Gasteiger partial charge is 0.317 e. The van der Waals surface area contributed by atoms with Gasteiger partial charge in [-0.2, -0.15) is 0 Å². The number of aliphatic hydroxyl groups is 1. The number of fused-ring (bicyclic) bond motifs is 1. The van der Waals surface area contributed by atoms with Crippen molar-refractivity contribution in [3.8, 4) is 11.8 Å². The predicted octanol–water partition coefficient (Wildman–Crippen LogP) is 0.301. The molecule has 0 aromatic carbocycles. The summed E-state index contributed by atoms with van der Waals surface area (Å²) in [6.45, 7) is 4.10. The fourth-order valence-electron chi connectivity index (χ4n) is 2.72. The fourth-order valence-corrected chi connectivity index (χ4v) is 3.60. The van der Waals surface area contributed by atoms with E-state index in [0.717, 1.165) is 38.3 Å². The van der Waals surface area contributed by atoms with Gasteiger partial charge in [0.1, 0.15) is 6.61 Å². The van der Waals surface area contributed by atoms with Gasteiger partial charge in [-0.1, -0.05) is 11.8 Å². The minimum atomic E-state index is -0.107. The van der Waals surface area contributed by atoms with Gasteiger partial charge in [0.2, 0.25) is 0 Å². The Bertz CT molecular complexity index is 560. The molecule has 20 heavy (non-hydrogen) atoms. The molecule has 2 amide bonds. The molecule has 1 atom stereocenters. The van der Waals surface area contributed by atoms with E-state index in [1.165, 1.54) is 4.88 Å². The highest BCUT2D eigenvalue weighted by Gasteiger charge is 2.35. The van der Waals surface area contributed by atoms with Crippen molar-refractivity contribution in [3.05, 3.63) is 21.9 Å². The maximum atomic E-state index is 11.6. The lowest BCUT2D eigenvalue weighted by Crippen LogP contribution is -2.51. The van der Waals surface area contributed by atoms with E-state index in [0.29, 0.717) is 6.04 Å². The molecule has 6 heteroatoms. The van der Waals surface area contributed by atoms with Gasteiger partial charge in [0.25, 0.3) is 0 Å². The number of carbonyl (C=O) groups excluding carboxylic acids is 1. The standard InChI is InChI=1S/C14H17N3O2S/c18-6-1-2-11-3-7-20-13(11)10-16-4-5-17-12(9-16)8-15-14(17)19/h3,7,12,18H,4-6,8-10H2,(H,15,19). The normalized spacial score (nSPS) is 22.1. The zero-order chi connectivity index (χ0) is 13.9. The number of amides is 2. The third kappa shape index (κ3) is 2.66. The van der Waals surface area contributed by atoms with Crippen molar-refractivity contribution in [2.24, 2.45) is 0 Å². The SMILES string of the molecule is O=C1NCC2CN(Cc3sccc3C#CCO)CCN12. The average Bonchev–Trinajstić information content (AvgIpc) is 3.04. The number of carbonyl (C=O) groups is 1. The lowest BCUT2D eigenvalue weighted by atomic mass is 10.2. The minimum Gasteiger partial charge on any atom is -0.384 e. The van der Waals surface area contributed by atoms with E-state index < -0.39 is 0 Å². The lowest BCUT2D eigenvalue weighted by molar-refractivity contribution is 0.117. The van der Waals surface area contributed by atoms with Crippen LogP contribution < -0.4 is 5.32 Å². The van der Waals surface area contributed by atoms with E-state index in [9.17, 15) is 4.79 Å². The Morgan fingerprint density at radius 1 is 1.50 bits per heavy atom. The number of rotatable bonds is 2. The second-order valence-corrected chi connectivity index (χ2v) is 5.99. The molecule has 2 N–H and O–H groups in total. The van der Waals surface area contributed by atoms with E-state index in [-0.39, 0.29) is 12.6 Å². The molecule has 1 aromatic heterocycles. The number of urea groups is 1. The van der Waals surface area contributed by atoms with Gasteiger partial charge >= 0.3 is 6.03 Å². The Balaban J connectivity index is 1.64. The van der Waals surface area contributed by atoms with Crippen LogP contribution in [0, 0.1) is 11.8 Å². The maximum Gasteiger partial charge on any atom is 0.317 e. The van der Waals surface area contributed by atoms with Gasteiger partial charge in [-0.05, 0) is 11.4 Å². The van der Waals surface area contributed by atoms with Crippen molar-refractivity contribution in [1.82, 2.24) is 15.1 Å². The third-order valence-electron chi connectivity index (χ3n) is 3.73. The Labute approximate surface area is 122 Å². The summed E-state index contributed by atoms with van der Waals surface area (Å²) in [5, 5.41) is 13.7. The topological polar surface area (TPSA) is 55.8 Å². The highest BCUT2D eigenvalue weighted by molar-refractivity contribution is 7.10. The molecule has 3 heterocycles. The van der Waals surface area contributed by atoms with Gasteiger partial charge in [-0.3, -0.25) is 4.90 Å². The van der Waals surface area contributed by atoms with Crippen LogP contribution in [0.25, 0.3) is 0 Å². The molecular formula is C14H17N3O2S. The summed E-state index contributed by atoms with van der Waals surface area (Å²) in [7, 11) is 0. The van der Waals surface area contributed by atoms with Crippen LogP contribution >= 0.6 is 11.3 Å². The summed E-state index contributed by atoms with van der Waals surface area (Å²) < 4.78 is 0. The van der Waals surface area contributed by atoms with Crippen LogP contribution in [-0.4, -0.2) is 59.8 Å². The number of thiophene rings is 1. The van der Waals surface area contributed by atoms with Crippen molar-refractivity contribution in [3.63, 3.8) is 0 Å². The molecule has 2 aliphatic rings. The first-order valence-corrected chi connectivity index (χ1v) is 7.59. The predicted molar refractivity (Wildman–Crippen MR) is 77.5 cm³/mol. The van der Waals surface area contributed by atoms with Gasteiger partial charge < -0.3 is 15.3 Å². The summed E-state index contributed by atoms with van der Waals surface area (Å²) in [4.78, 5) is 17.1. The second kappa shape index (κ2) is 5.83. The average molecular weight is 291 g/mol. The highest BCUT2D eigenvalue weighted by Crippen LogP contribution is 2.21. The van der Waals surface area contributed by atoms with Crippen molar-refractivity contribution >= 4 is 17.4 Å². The van der Waals surface area contributed by atoms with Crippen LogP contribution in [0.2, 0.25) is 0 Å². The molecule has 0 spiro atoms. The number of nitrogens with zero attached hydrogens (tertiary/aromatic N) is 2. The summed E-state index contributed by atoms with van der Waals surface area (Å²) in [5.74, 6) is 5.69. The molecule has 106 valence electrons. The summed E-state index contributed by atoms with van der Waals surface area (Å²) in [6, 6.07) is 2.36. The first-order valence-electron chi connectivity index (χ1n) is 6.71. The Morgan fingerprint density at radius 2 is 2.40 bits per heavy atom. The fraction of sp³-hybridized carbons (Fsp3) is 0.500. The van der Waals surface area contributed by atoms with Crippen LogP contribution in [0.1, 0.15) is 10.4 Å². The van der Waals surface area contributed by atoms with Crippen molar-refractivity contribution < 1.29 is 9.90 Å². The summed E-state index contributed by atoms with van der Waals surface area (Å²) in [6.07, 6.45) is 0. The Morgan fingerprint density at radius 3 is 3.25 bits per heavy atom. The largest absolute Gasteiger partial charge is 0.384 e. The molecular weight excluding hydrogens is 274 g/mol. The Kier molecular flexibility index (Phi) is 3.92. The molecule has 0 saturated carbocycles. The first kappa shape index (κ1) is 13.4. The second-order valence-electron chi connectivity index (χ2n) is 4.99. The molecule has 3 rings (SSSR count). The van der Waals surface area contributed by atoms with Gasteiger partial charge in [0, 0.05) is 43.2 Å². The monoisotopic (exact) mass is 291 g/mol. The maximum absolute atomic E-state index is 11.6. The molecule has 5 nitrogen and oxygen atoms in total. The van der Waals surface area contributed by atoms with Gasteiger partial charge in [-0.15, -0.1) is 11.3 Å². The molecule has 0 radical (unpaired) electrons. The molecule has 0 aliphatic carbocycles. The van der Waals surface area contributed by atoms with Crippen molar-refractivity contribution in [2.45, 2.75) is 12.6 Å². The first-order chi connectivity index (χ1) is 9.78. The van der Waals surface area contributed by atoms with Crippen molar-refractivity contribution in [2.75, 3.05) is 32.8 Å². The third-order valence-corrected chi connectivity index (χ3v) is 4.64. The Hall–Kier alpha value is -1.55. The van der Waals surface area contributed by atoms with Gasteiger partial charge in [0.15, 0.2) is 0 Å². The van der Waals surface area contributed by atoms with Gasteiger partial charge in [0.05, 0.1) is 6.04 Å². The number of hydrogen-bond acceptors (Lipinski definition) is 4. The molecule has 2 fully saturated rings. The quantitative estimate of drug-likeness (QED) is 0.771. The van der Waals surface area contributed by atoms with Crippen molar-refractivity contribution in [1.29, 1.82) is 0 Å². The van der Waals surface area contributed by atoms with Gasteiger partial charge in [-0.25, -0.2) is 4.79 Å². The molecule has 1 unspecified atom stereocenters. The van der Waals surface area contributed by atoms with Crippen LogP contribution in [0.15, 0.2) is 11.4 Å². The molecule has 0 bridgehead atoms. The summed E-state index contributed by atoms with van der Waals surface area (Å²) >= 11 is 1.70. The van der Waals surface area contributed by atoms with Crippen LogP contribution in [-0.2, 0) is 6.54 Å². The molecule has 1 aromatic rings. The minimum absolute atomic E-state index is 0.0697. The van der Waals surface area contributed by atoms with E-state index in [1.54, 1.807) is 11.3 Å². The van der Waals surface area contributed by atoms with E-state index in [1.807, 2.05) is 16.3 Å². The molecule has 2 saturated heterocycles. The van der Waals surface area contributed by atoms with E-state index >= 15 is 0 Å². The van der Waals surface area contributed by atoms with E-state index in [2.05, 4.69) is 22.1 Å². The number of piperazine rings is 1. The molecule has 2 aliphatic heterocycles. The van der Waals surface area contributed by atoms with Crippen LogP contribution in [0.3, 0.4) is 0 Å². The number of nitrogens with one attached hydrogen (secondary N) is 1. The zero-order valence-electron chi connectivity index (χ0n) is 11.1. The van der Waals surface area contributed by atoms with Crippen LogP contribution in [0.4, 0.5) is 4.79 Å². The zero-order valence-corrected chi connectivity index (χ0v) is 11.9. The lowest BCUT2D eigenvalue weighted by Gasteiger charge is -2.36. The number of hydrogen-bond donors (Lipinski definition) is 2. The van der Waals surface area contributed by atoms with E-state index in [4.69, 9.17) is 5.11 Å². The van der Waals surface area contributed by atoms with Crippen LogP contribution in [0.5, 0.6) is 0 Å². The number of aliphatic hydroxyl groups excluding tert-OH is 1. The summed E-state index contributed by atoms with van der Waals surface area (Å²) in [5.41, 5.74) is 1.01. The highest BCUT2D eigenvalue weighted by atomic mass is 32.1.